The molecule has 1 aromatic heterocycles. The van der Waals surface area contributed by atoms with Crippen LogP contribution in [0.2, 0.25) is 0 Å². The maximum Gasteiger partial charge on any atom is 0.410 e. The molecule has 1 N–H and O–H groups in total. The maximum atomic E-state index is 13.1. The zero-order valence-electron chi connectivity index (χ0n) is 18.0. The number of hydrogen-bond acceptors (Lipinski definition) is 4. The van der Waals surface area contributed by atoms with Crippen LogP contribution in [0.25, 0.3) is 11.1 Å². The summed E-state index contributed by atoms with van der Waals surface area (Å²) in [5, 5.41) is 10.1. The van der Waals surface area contributed by atoms with Crippen LogP contribution in [0, 0.1) is 5.82 Å². The van der Waals surface area contributed by atoms with Crippen LogP contribution in [0.1, 0.15) is 49.8 Å². The molecule has 1 fully saturated rings. The van der Waals surface area contributed by atoms with Crippen molar-refractivity contribution in [2.24, 2.45) is 0 Å². The second-order valence-corrected chi connectivity index (χ2v) is 8.75. The van der Waals surface area contributed by atoms with E-state index in [1.807, 2.05) is 48.7 Å². The number of rotatable bonds is 4. The standard InChI is InChI=1S/C22H20FNO2S.C3H8O/c1-15(24-13-12-20(26-22(24)25)21-3-2-14-27-21)16-4-6-17(7-5-16)18-8-10-19(23)11-9-18;1-3(2)4/h2-11,14-15,20H,12-13H2,1H3;3-4H,1-2H3. The second-order valence-electron chi connectivity index (χ2n) is 7.77. The molecule has 1 amide bonds. The van der Waals surface area contributed by atoms with Gasteiger partial charge in [0, 0.05) is 23.9 Å². The molecule has 2 unspecified atom stereocenters. The van der Waals surface area contributed by atoms with Crippen molar-refractivity contribution in [1.29, 1.82) is 0 Å². The van der Waals surface area contributed by atoms with Crippen LogP contribution in [-0.2, 0) is 4.74 Å². The number of aliphatic hydroxyl groups excluding tert-OH is 1. The zero-order valence-corrected chi connectivity index (χ0v) is 18.8. The molecule has 4 nitrogen and oxygen atoms in total. The molecular formula is C25H28FNO3S. The molecule has 1 aliphatic rings. The average Bonchev–Trinajstić information content (AvgIpc) is 3.28. The number of carbonyl (C=O) groups is 1. The quantitative estimate of drug-likeness (QED) is 0.497. The van der Waals surface area contributed by atoms with Crippen LogP contribution < -0.4 is 0 Å². The van der Waals surface area contributed by atoms with Crippen molar-refractivity contribution in [2.75, 3.05) is 6.54 Å². The van der Waals surface area contributed by atoms with Crippen LogP contribution in [-0.4, -0.2) is 28.7 Å². The van der Waals surface area contributed by atoms with E-state index in [2.05, 4.69) is 0 Å². The SMILES string of the molecule is CC(C)O.CC(c1ccc(-c2ccc(F)cc2)cc1)N1CCC(c2cccs2)OC1=O. The number of amides is 1. The van der Waals surface area contributed by atoms with E-state index in [1.54, 1.807) is 42.2 Å². The minimum Gasteiger partial charge on any atom is -0.440 e. The fourth-order valence-electron chi connectivity index (χ4n) is 3.40. The molecule has 0 aliphatic carbocycles. The molecule has 0 saturated carbocycles. The smallest absolute Gasteiger partial charge is 0.410 e. The number of carbonyl (C=O) groups excluding carboxylic acids is 1. The van der Waals surface area contributed by atoms with E-state index >= 15 is 0 Å². The van der Waals surface area contributed by atoms with Crippen molar-refractivity contribution in [2.45, 2.75) is 45.4 Å². The first-order valence-corrected chi connectivity index (χ1v) is 11.3. The van der Waals surface area contributed by atoms with E-state index in [1.165, 1.54) is 12.1 Å². The van der Waals surface area contributed by atoms with Crippen molar-refractivity contribution in [3.8, 4) is 11.1 Å². The van der Waals surface area contributed by atoms with Crippen LogP contribution >= 0.6 is 11.3 Å². The van der Waals surface area contributed by atoms with E-state index in [0.29, 0.717) is 6.54 Å². The van der Waals surface area contributed by atoms with Gasteiger partial charge in [0.15, 0.2) is 0 Å². The lowest BCUT2D eigenvalue weighted by Crippen LogP contribution is -2.40. The lowest BCUT2D eigenvalue weighted by molar-refractivity contribution is 0.0137. The molecule has 1 saturated heterocycles. The molecule has 0 bridgehead atoms. The highest BCUT2D eigenvalue weighted by atomic mass is 32.1. The monoisotopic (exact) mass is 441 g/mol. The van der Waals surface area contributed by atoms with Gasteiger partial charge in [-0.3, -0.25) is 0 Å². The molecule has 1 aliphatic heterocycles. The number of nitrogens with zero attached hydrogens (tertiary/aromatic N) is 1. The molecule has 2 aromatic carbocycles. The minimum absolute atomic E-state index is 0.0657. The lowest BCUT2D eigenvalue weighted by Gasteiger charge is -2.35. The molecule has 4 rings (SSSR count). The topological polar surface area (TPSA) is 49.8 Å². The highest BCUT2D eigenvalue weighted by Gasteiger charge is 2.32. The Balaban J connectivity index is 0.000000628. The third-order valence-electron chi connectivity index (χ3n) is 5.01. The Labute approximate surface area is 186 Å². The molecule has 164 valence electrons. The summed E-state index contributed by atoms with van der Waals surface area (Å²) in [7, 11) is 0. The second kappa shape index (κ2) is 10.6. The van der Waals surface area contributed by atoms with Crippen molar-refractivity contribution in [3.05, 3.63) is 82.3 Å². The highest BCUT2D eigenvalue weighted by Crippen LogP contribution is 2.34. The normalized spacial score (nSPS) is 17.0. The van der Waals surface area contributed by atoms with Gasteiger partial charge in [-0.2, -0.15) is 0 Å². The molecule has 0 spiro atoms. The number of aliphatic hydroxyl groups is 1. The minimum atomic E-state index is -0.269. The van der Waals surface area contributed by atoms with E-state index in [4.69, 9.17) is 9.84 Å². The van der Waals surface area contributed by atoms with Gasteiger partial charge < -0.3 is 14.7 Å². The summed E-state index contributed by atoms with van der Waals surface area (Å²) in [5.41, 5.74) is 3.03. The molecule has 2 heterocycles. The molecular weight excluding hydrogens is 413 g/mol. The first-order chi connectivity index (χ1) is 14.8. The summed E-state index contributed by atoms with van der Waals surface area (Å²) in [6, 6.07) is 18.4. The number of halogens is 1. The number of cyclic esters (lactones) is 1. The highest BCUT2D eigenvalue weighted by molar-refractivity contribution is 7.10. The lowest BCUT2D eigenvalue weighted by atomic mass is 10.0. The summed E-state index contributed by atoms with van der Waals surface area (Å²) >= 11 is 1.62. The van der Waals surface area contributed by atoms with Gasteiger partial charge in [0.05, 0.1) is 6.04 Å². The van der Waals surface area contributed by atoms with Crippen molar-refractivity contribution in [1.82, 2.24) is 4.90 Å². The largest absolute Gasteiger partial charge is 0.440 e. The van der Waals surface area contributed by atoms with Crippen LogP contribution in [0.15, 0.2) is 66.0 Å². The summed E-state index contributed by atoms with van der Waals surface area (Å²) in [4.78, 5) is 15.4. The van der Waals surface area contributed by atoms with E-state index in [0.717, 1.165) is 28.0 Å². The Morgan fingerprint density at radius 2 is 1.61 bits per heavy atom. The Hall–Kier alpha value is -2.70. The third-order valence-corrected chi connectivity index (χ3v) is 5.97. The Morgan fingerprint density at radius 1 is 1.03 bits per heavy atom. The van der Waals surface area contributed by atoms with Gasteiger partial charge in [-0.05, 0) is 61.0 Å². The Morgan fingerprint density at radius 3 is 2.13 bits per heavy atom. The first-order valence-electron chi connectivity index (χ1n) is 10.4. The number of hydrogen-bond donors (Lipinski definition) is 1. The molecule has 31 heavy (non-hydrogen) atoms. The summed E-state index contributed by atoms with van der Waals surface area (Å²) in [6.07, 6.45) is 0.223. The molecule has 3 aromatic rings. The van der Waals surface area contributed by atoms with E-state index in [-0.39, 0.29) is 30.2 Å². The van der Waals surface area contributed by atoms with Gasteiger partial charge in [-0.1, -0.05) is 42.5 Å². The first kappa shape index (κ1) is 23.0. The van der Waals surface area contributed by atoms with E-state index < -0.39 is 0 Å². The third kappa shape index (κ3) is 6.15. The van der Waals surface area contributed by atoms with Crippen LogP contribution in [0.3, 0.4) is 0 Å². The predicted molar refractivity (Wildman–Crippen MR) is 122 cm³/mol. The zero-order chi connectivity index (χ0) is 22.4. The Kier molecular flexibility index (Phi) is 7.82. The van der Waals surface area contributed by atoms with Crippen molar-refractivity contribution >= 4 is 17.4 Å². The average molecular weight is 442 g/mol. The van der Waals surface area contributed by atoms with Crippen molar-refractivity contribution < 1.29 is 19.0 Å². The maximum absolute atomic E-state index is 13.1. The van der Waals surface area contributed by atoms with Crippen molar-refractivity contribution in [3.63, 3.8) is 0 Å². The van der Waals surface area contributed by atoms with E-state index in [9.17, 15) is 9.18 Å². The van der Waals surface area contributed by atoms with Gasteiger partial charge in [-0.15, -0.1) is 11.3 Å². The predicted octanol–water partition coefficient (Wildman–Crippen LogP) is 6.59. The summed E-state index contributed by atoms with van der Waals surface area (Å²) < 4.78 is 18.7. The number of benzene rings is 2. The molecule has 2 atom stereocenters. The summed E-state index contributed by atoms with van der Waals surface area (Å²) in [5.74, 6) is -0.242. The molecule has 0 radical (unpaired) electrons. The fourth-order valence-corrected chi connectivity index (χ4v) is 4.19. The number of ether oxygens (including phenoxy) is 1. The molecule has 6 heteroatoms. The fraction of sp³-hybridized carbons (Fsp3) is 0.320. The van der Waals surface area contributed by atoms with Gasteiger partial charge >= 0.3 is 6.09 Å². The van der Waals surface area contributed by atoms with Gasteiger partial charge in [0.2, 0.25) is 0 Å². The van der Waals surface area contributed by atoms with Crippen LogP contribution in [0.4, 0.5) is 9.18 Å². The van der Waals surface area contributed by atoms with Gasteiger partial charge in [0.1, 0.15) is 11.9 Å². The van der Waals surface area contributed by atoms with Gasteiger partial charge in [0.25, 0.3) is 0 Å². The van der Waals surface area contributed by atoms with Gasteiger partial charge in [-0.25, -0.2) is 9.18 Å². The summed E-state index contributed by atoms with van der Waals surface area (Å²) in [6.45, 7) is 6.13. The van der Waals surface area contributed by atoms with Crippen LogP contribution in [0.5, 0.6) is 0 Å². The Bertz CT molecular complexity index is 953. The number of thiophene rings is 1.